The van der Waals surface area contributed by atoms with Crippen molar-refractivity contribution in [3.05, 3.63) is 29.0 Å². The SMILES string of the molecule is O=C(NC1COCC1C(=O)O)c1cccnc1Cl. The van der Waals surface area contributed by atoms with Gasteiger partial charge in [0, 0.05) is 6.20 Å². The van der Waals surface area contributed by atoms with Crippen LogP contribution in [0.25, 0.3) is 0 Å². The first kappa shape index (κ1) is 12.8. The van der Waals surface area contributed by atoms with E-state index in [4.69, 9.17) is 21.4 Å². The molecule has 1 saturated heterocycles. The Kier molecular flexibility index (Phi) is 3.78. The highest BCUT2D eigenvalue weighted by atomic mass is 35.5. The third-order valence-electron chi connectivity index (χ3n) is 2.72. The quantitative estimate of drug-likeness (QED) is 0.784. The maximum Gasteiger partial charge on any atom is 0.311 e. The van der Waals surface area contributed by atoms with E-state index < -0.39 is 23.8 Å². The van der Waals surface area contributed by atoms with Crippen LogP contribution < -0.4 is 5.32 Å². The van der Waals surface area contributed by atoms with Crippen LogP contribution in [-0.4, -0.2) is 41.2 Å². The minimum Gasteiger partial charge on any atom is -0.481 e. The fourth-order valence-corrected chi connectivity index (χ4v) is 1.95. The number of amides is 1. The van der Waals surface area contributed by atoms with Crippen molar-refractivity contribution in [3.8, 4) is 0 Å². The molecule has 0 spiro atoms. The molecule has 1 amide bonds. The highest BCUT2D eigenvalue weighted by molar-refractivity contribution is 6.32. The third kappa shape index (κ3) is 2.60. The summed E-state index contributed by atoms with van der Waals surface area (Å²) in [5.74, 6) is -2.17. The summed E-state index contributed by atoms with van der Waals surface area (Å²) < 4.78 is 5.05. The number of rotatable bonds is 3. The summed E-state index contributed by atoms with van der Waals surface area (Å²) >= 11 is 5.78. The monoisotopic (exact) mass is 270 g/mol. The average molecular weight is 271 g/mol. The zero-order valence-corrected chi connectivity index (χ0v) is 10.1. The van der Waals surface area contributed by atoms with Gasteiger partial charge in [0.1, 0.15) is 11.1 Å². The van der Waals surface area contributed by atoms with Gasteiger partial charge in [-0.2, -0.15) is 0 Å². The number of carboxylic acid groups (broad SMARTS) is 1. The van der Waals surface area contributed by atoms with Gasteiger partial charge in [0.15, 0.2) is 0 Å². The van der Waals surface area contributed by atoms with Gasteiger partial charge < -0.3 is 15.2 Å². The fourth-order valence-electron chi connectivity index (χ4n) is 1.74. The second-order valence-electron chi connectivity index (χ2n) is 3.90. The van der Waals surface area contributed by atoms with E-state index in [1.54, 1.807) is 6.07 Å². The Hall–Kier alpha value is -1.66. The standard InChI is InChI=1S/C11H11ClN2O4/c12-9-6(2-1-3-13-9)10(15)14-8-5-18-4-7(8)11(16)17/h1-3,7-8H,4-5H2,(H,14,15)(H,16,17). The number of carbonyl (C=O) groups excluding carboxylic acids is 1. The number of nitrogens with zero attached hydrogens (tertiary/aromatic N) is 1. The average Bonchev–Trinajstić information content (AvgIpc) is 2.77. The molecule has 0 aliphatic carbocycles. The lowest BCUT2D eigenvalue weighted by molar-refractivity contribution is -0.142. The van der Waals surface area contributed by atoms with Crippen molar-refractivity contribution in [1.29, 1.82) is 0 Å². The minimum atomic E-state index is -0.991. The minimum absolute atomic E-state index is 0.0841. The van der Waals surface area contributed by atoms with Gasteiger partial charge in [0.25, 0.3) is 5.91 Å². The van der Waals surface area contributed by atoms with Crippen LogP contribution in [-0.2, 0) is 9.53 Å². The molecule has 1 aliphatic rings. The van der Waals surface area contributed by atoms with E-state index >= 15 is 0 Å². The Morgan fingerprint density at radius 1 is 1.50 bits per heavy atom. The summed E-state index contributed by atoms with van der Waals surface area (Å²) in [5, 5.41) is 11.6. The van der Waals surface area contributed by atoms with E-state index in [9.17, 15) is 9.59 Å². The number of hydrogen-bond donors (Lipinski definition) is 2. The molecule has 1 aromatic rings. The number of aliphatic carboxylic acids is 1. The van der Waals surface area contributed by atoms with Gasteiger partial charge in [-0.25, -0.2) is 4.98 Å². The molecule has 1 fully saturated rings. The van der Waals surface area contributed by atoms with Crippen LogP contribution in [0.5, 0.6) is 0 Å². The Morgan fingerprint density at radius 3 is 2.94 bits per heavy atom. The lowest BCUT2D eigenvalue weighted by atomic mass is 10.0. The number of nitrogens with one attached hydrogen (secondary N) is 1. The first-order chi connectivity index (χ1) is 8.59. The summed E-state index contributed by atoms with van der Waals surface area (Å²) in [5.41, 5.74) is 0.218. The van der Waals surface area contributed by atoms with Crippen molar-refractivity contribution in [2.45, 2.75) is 6.04 Å². The van der Waals surface area contributed by atoms with Crippen molar-refractivity contribution in [2.75, 3.05) is 13.2 Å². The number of ether oxygens (including phenoxy) is 1. The largest absolute Gasteiger partial charge is 0.481 e. The fraction of sp³-hybridized carbons (Fsp3) is 0.364. The highest BCUT2D eigenvalue weighted by Crippen LogP contribution is 2.16. The summed E-state index contributed by atoms with van der Waals surface area (Å²) in [6.45, 7) is 0.279. The van der Waals surface area contributed by atoms with Crippen molar-refractivity contribution in [1.82, 2.24) is 10.3 Å². The number of pyridine rings is 1. The van der Waals surface area contributed by atoms with Crippen molar-refractivity contribution >= 4 is 23.5 Å². The summed E-state index contributed by atoms with van der Waals surface area (Å²) in [4.78, 5) is 26.6. The molecule has 0 aromatic carbocycles. The molecule has 0 radical (unpaired) electrons. The van der Waals surface area contributed by atoms with Gasteiger partial charge in [0.2, 0.25) is 0 Å². The van der Waals surface area contributed by atoms with Crippen LogP contribution in [0.1, 0.15) is 10.4 Å². The summed E-state index contributed by atoms with van der Waals surface area (Å²) in [6, 6.07) is 2.56. The molecule has 2 heterocycles. The van der Waals surface area contributed by atoms with Gasteiger partial charge in [-0.1, -0.05) is 11.6 Å². The van der Waals surface area contributed by atoms with Gasteiger partial charge in [-0.15, -0.1) is 0 Å². The molecule has 0 bridgehead atoms. The molecule has 2 N–H and O–H groups in total. The maximum absolute atomic E-state index is 11.9. The Balaban J connectivity index is 2.08. The first-order valence-electron chi connectivity index (χ1n) is 5.31. The molecule has 0 saturated carbocycles. The van der Waals surface area contributed by atoms with Gasteiger partial charge in [0.05, 0.1) is 24.8 Å². The Labute approximate surface area is 108 Å². The highest BCUT2D eigenvalue weighted by Gasteiger charge is 2.35. The van der Waals surface area contributed by atoms with Crippen molar-refractivity contribution < 1.29 is 19.4 Å². The van der Waals surface area contributed by atoms with E-state index in [0.29, 0.717) is 0 Å². The summed E-state index contributed by atoms with van der Waals surface area (Å²) in [7, 11) is 0. The number of carbonyl (C=O) groups is 2. The topological polar surface area (TPSA) is 88.5 Å². The van der Waals surface area contributed by atoms with Crippen LogP contribution in [0.2, 0.25) is 5.15 Å². The van der Waals surface area contributed by atoms with Crippen LogP contribution in [0, 0.1) is 5.92 Å². The zero-order chi connectivity index (χ0) is 13.1. The van der Waals surface area contributed by atoms with Crippen LogP contribution >= 0.6 is 11.6 Å². The van der Waals surface area contributed by atoms with E-state index in [1.165, 1.54) is 12.3 Å². The van der Waals surface area contributed by atoms with Gasteiger partial charge in [-0.05, 0) is 12.1 Å². The maximum atomic E-state index is 11.9. The van der Waals surface area contributed by atoms with Crippen molar-refractivity contribution in [2.24, 2.45) is 5.92 Å². The molecule has 2 unspecified atom stereocenters. The van der Waals surface area contributed by atoms with Crippen LogP contribution in [0.15, 0.2) is 18.3 Å². The number of aromatic nitrogens is 1. The lowest BCUT2D eigenvalue weighted by Crippen LogP contribution is -2.42. The molecule has 6 nitrogen and oxygen atoms in total. The number of hydrogen-bond acceptors (Lipinski definition) is 4. The van der Waals surface area contributed by atoms with Crippen LogP contribution in [0.3, 0.4) is 0 Å². The molecule has 1 aromatic heterocycles. The van der Waals surface area contributed by atoms with E-state index in [-0.39, 0.29) is 23.9 Å². The Morgan fingerprint density at radius 2 is 2.28 bits per heavy atom. The second-order valence-corrected chi connectivity index (χ2v) is 4.26. The molecular formula is C11H11ClN2O4. The second kappa shape index (κ2) is 5.32. The third-order valence-corrected chi connectivity index (χ3v) is 3.02. The number of halogens is 1. The van der Waals surface area contributed by atoms with E-state index in [1.807, 2.05) is 0 Å². The normalized spacial score (nSPS) is 22.7. The molecule has 2 rings (SSSR count). The first-order valence-corrected chi connectivity index (χ1v) is 5.69. The number of carboxylic acids is 1. The molecule has 18 heavy (non-hydrogen) atoms. The molecule has 2 atom stereocenters. The smallest absolute Gasteiger partial charge is 0.311 e. The molecular weight excluding hydrogens is 260 g/mol. The molecule has 1 aliphatic heterocycles. The lowest BCUT2D eigenvalue weighted by Gasteiger charge is -2.15. The van der Waals surface area contributed by atoms with E-state index in [0.717, 1.165) is 0 Å². The zero-order valence-electron chi connectivity index (χ0n) is 9.30. The summed E-state index contributed by atoms with van der Waals surface area (Å²) in [6.07, 6.45) is 1.47. The molecule has 7 heteroatoms. The predicted octanol–water partition coefficient (Wildman–Crippen LogP) is 0.564. The van der Waals surface area contributed by atoms with Crippen molar-refractivity contribution in [3.63, 3.8) is 0 Å². The predicted molar refractivity (Wildman–Crippen MR) is 62.4 cm³/mol. The Bertz CT molecular complexity index is 480. The van der Waals surface area contributed by atoms with E-state index in [2.05, 4.69) is 10.3 Å². The molecule has 96 valence electrons. The van der Waals surface area contributed by atoms with Gasteiger partial charge in [-0.3, -0.25) is 9.59 Å². The van der Waals surface area contributed by atoms with Crippen LogP contribution in [0.4, 0.5) is 0 Å². The van der Waals surface area contributed by atoms with Gasteiger partial charge >= 0.3 is 5.97 Å².